The van der Waals surface area contributed by atoms with E-state index in [1.807, 2.05) is 24.3 Å². The lowest BCUT2D eigenvalue weighted by molar-refractivity contribution is 1.13. The van der Waals surface area contributed by atoms with E-state index in [0.717, 1.165) is 45.3 Å². The van der Waals surface area contributed by atoms with Crippen LogP contribution in [0, 0.1) is 0 Å². The van der Waals surface area contributed by atoms with Crippen molar-refractivity contribution >= 4 is 142 Å². The molecule has 23 aromatic carbocycles. The van der Waals surface area contributed by atoms with Crippen LogP contribution in [0.2, 0.25) is 0 Å². The van der Waals surface area contributed by atoms with E-state index in [-0.39, 0.29) is 0 Å². The van der Waals surface area contributed by atoms with Crippen LogP contribution in [0.4, 0.5) is 0 Å². The molecule has 0 aliphatic heterocycles. The Hall–Kier alpha value is -18.9. The molecule has 0 atom stereocenters. The summed E-state index contributed by atoms with van der Waals surface area (Å²) in [6, 6.07) is 195. The highest BCUT2D eigenvalue weighted by Crippen LogP contribution is 2.46. The molecule has 6 aromatic heterocycles. The van der Waals surface area contributed by atoms with Crippen molar-refractivity contribution in [1.82, 2.24) is 27.4 Å². The highest BCUT2D eigenvalue weighted by atomic mass is 15.0. The Balaban J connectivity index is 0.000000108. The van der Waals surface area contributed by atoms with Gasteiger partial charge in [-0.15, -0.1) is 0 Å². The van der Waals surface area contributed by atoms with Crippen molar-refractivity contribution in [3.05, 3.63) is 546 Å². The summed E-state index contributed by atoms with van der Waals surface area (Å²) in [7, 11) is 0. The molecule has 0 N–H and O–H groups in total. The first kappa shape index (κ1) is 81.5. The van der Waals surface area contributed by atoms with Gasteiger partial charge in [0.2, 0.25) is 0 Å². The van der Waals surface area contributed by atoms with Gasteiger partial charge in [-0.25, -0.2) is 0 Å². The van der Waals surface area contributed by atoms with Gasteiger partial charge in [-0.3, -0.25) is 0 Å². The second-order valence-corrected chi connectivity index (χ2v) is 36.9. The zero-order valence-corrected chi connectivity index (χ0v) is 77.6. The molecule has 29 aromatic rings. The van der Waals surface area contributed by atoms with Gasteiger partial charge in [-0.2, -0.15) is 0 Å². The summed E-state index contributed by atoms with van der Waals surface area (Å²) in [5.41, 5.74) is 38.2. The van der Waals surface area contributed by atoms with E-state index in [4.69, 9.17) is 1.37 Å². The highest BCUT2D eigenvalue weighted by molar-refractivity contribution is 6.17. The predicted molar refractivity (Wildman–Crippen MR) is 601 cm³/mol. The summed E-state index contributed by atoms with van der Waals surface area (Å²) in [6.45, 7) is 0. The summed E-state index contributed by atoms with van der Waals surface area (Å²) in [4.78, 5) is 0. The molecule has 0 fully saturated rings. The first-order chi connectivity index (χ1) is 70.8. The number of aromatic nitrogens is 6. The van der Waals surface area contributed by atoms with E-state index in [9.17, 15) is 0 Å². The summed E-state index contributed by atoms with van der Waals surface area (Å²) in [6.07, 6.45) is 0. The summed E-state index contributed by atoms with van der Waals surface area (Å²) in [5.74, 6) is 0. The van der Waals surface area contributed by atoms with E-state index in [2.05, 4.69) is 543 Å². The molecule has 6 heterocycles. The number of para-hydroxylation sites is 8. The van der Waals surface area contributed by atoms with Gasteiger partial charge in [0, 0.05) is 98.8 Å². The molecule has 0 saturated carbocycles. The van der Waals surface area contributed by atoms with E-state index >= 15 is 0 Å². The third-order valence-corrected chi connectivity index (χ3v) is 28.9. The normalized spacial score (nSPS) is 11.8. The van der Waals surface area contributed by atoms with E-state index < -0.39 is 0 Å². The SMILES string of the molecule is [2H]c1ccc(-c2ccc(-n3c4ccccc4c4cc(-c5ccc6c(c5)c5ccccc5n6-c5cccc(-c6ccccc6)c5)ccc43)cc2)cc1.c1ccc(-c2ccc(-n3c4ccccc4c4cc(-c5ccc6c(c5)c5ccccc5n6-c5cccc(-c6ccccc6)c5)ccc43)cc2)cc1.c1ccc2c(-c3cc(-n4c5ccccc5c5ccccc54)cc(-n4c5ccccc5c5ccccc54)c3)cccc2c1. The van der Waals surface area contributed by atoms with Gasteiger partial charge in [0.05, 0.1) is 67.6 Å². The fourth-order valence-electron chi connectivity index (χ4n) is 22.3. The van der Waals surface area contributed by atoms with E-state index in [1.54, 1.807) is 0 Å². The van der Waals surface area contributed by atoms with Crippen molar-refractivity contribution < 1.29 is 1.37 Å². The second kappa shape index (κ2) is 34.7. The minimum absolute atomic E-state index is 0.525. The molecule has 664 valence electrons. The number of fused-ring (bicyclic) bond motifs is 19. The van der Waals surface area contributed by atoms with Crippen LogP contribution in [0.15, 0.2) is 546 Å². The average molecular weight is 1810 g/mol. The van der Waals surface area contributed by atoms with Crippen LogP contribution < -0.4 is 0 Å². The Kier molecular flexibility index (Phi) is 19.9. The zero-order chi connectivity index (χ0) is 94.5. The lowest BCUT2D eigenvalue weighted by Crippen LogP contribution is -2.00. The van der Waals surface area contributed by atoms with Gasteiger partial charge in [0.25, 0.3) is 0 Å². The van der Waals surface area contributed by atoms with Gasteiger partial charge in [0.1, 0.15) is 0 Å². The van der Waals surface area contributed by atoms with E-state index in [0.29, 0.717) is 6.04 Å². The fourth-order valence-corrected chi connectivity index (χ4v) is 22.3. The molecule has 0 unspecified atom stereocenters. The number of rotatable bonds is 13. The average Bonchev–Trinajstić information content (AvgIpc) is 1.58. The van der Waals surface area contributed by atoms with E-state index in [1.165, 1.54) is 208 Å². The third kappa shape index (κ3) is 14.3. The Morgan fingerprint density at radius 2 is 0.324 bits per heavy atom. The van der Waals surface area contributed by atoms with Gasteiger partial charge in [-0.05, 0) is 252 Å². The first-order valence-corrected chi connectivity index (χ1v) is 48.7. The van der Waals surface area contributed by atoms with Crippen molar-refractivity contribution in [3.63, 3.8) is 0 Å². The molecule has 0 bridgehead atoms. The summed E-state index contributed by atoms with van der Waals surface area (Å²) >= 11 is 0. The van der Waals surface area contributed by atoms with Gasteiger partial charge >= 0.3 is 0 Å². The Bertz CT molecular complexity index is 9790. The topological polar surface area (TPSA) is 29.6 Å². The summed E-state index contributed by atoms with van der Waals surface area (Å²) in [5, 5.41) is 17.5. The summed E-state index contributed by atoms with van der Waals surface area (Å²) < 4.78 is 22.2. The smallest absolute Gasteiger partial charge is 0.0623 e. The fraction of sp³-hybridized carbons (Fsp3) is 0. The van der Waals surface area contributed by atoms with Crippen molar-refractivity contribution in [3.8, 4) is 112 Å². The van der Waals surface area contributed by atoms with Crippen LogP contribution in [0.25, 0.3) is 254 Å². The number of benzene rings is 23. The molecule has 0 radical (unpaired) electrons. The molecular formula is C136H90N6. The minimum atomic E-state index is 0.525. The minimum Gasteiger partial charge on any atom is -0.309 e. The molecule has 0 spiro atoms. The second-order valence-electron chi connectivity index (χ2n) is 36.9. The molecule has 0 aliphatic carbocycles. The molecule has 0 saturated heterocycles. The van der Waals surface area contributed by atoms with Crippen molar-refractivity contribution in [1.29, 1.82) is 0 Å². The first-order valence-electron chi connectivity index (χ1n) is 49.2. The third-order valence-electron chi connectivity index (χ3n) is 28.9. The van der Waals surface area contributed by atoms with Crippen molar-refractivity contribution in [2.75, 3.05) is 0 Å². The molecule has 142 heavy (non-hydrogen) atoms. The lowest BCUT2D eigenvalue weighted by Gasteiger charge is -2.16. The van der Waals surface area contributed by atoms with Crippen LogP contribution in [0.5, 0.6) is 0 Å². The van der Waals surface area contributed by atoms with Gasteiger partial charge in [-0.1, -0.05) is 382 Å². The van der Waals surface area contributed by atoms with Crippen LogP contribution in [0.3, 0.4) is 0 Å². The maximum absolute atomic E-state index is 7.83. The number of hydrogen-bond donors (Lipinski definition) is 0. The number of nitrogens with zero attached hydrogens (tertiary/aromatic N) is 6. The highest BCUT2D eigenvalue weighted by Gasteiger charge is 2.24. The number of hydrogen-bond acceptors (Lipinski definition) is 0. The van der Waals surface area contributed by atoms with Crippen LogP contribution >= 0.6 is 0 Å². The van der Waals surface area contributed by atoms with Crippen molar-refractivity contribution in [2.24, 2.45) is 0 Å². The maximum Gasteiger partial charge on any atom is 0.0623 e. The quantitative estimate of drug-likeness (QED) is 0.110. The predicted octanol–water partition coefficient (Wildman–Crippen LogP) is 36.5. The zero-order valence-electron chi connectivity index (χ0n) is 78.6. The van der Waals surface area contributed by atoms with Crippen LogP contribution in [-0.4, -0.2) is 27.4 Å². The molecule has 29 rings (SSSR count). The lowest BCUT2D eigenvalue weighted by atomic mass is 9.97. The Morgan fingerprint density at radius 1 is 0.113 bits per heavy atom. The Morgan fingerprint density at radius 3 is 0.655 bits per heavy atom. The largest absolute Gasteiger partial charge is 0.309 e. The standard InChI is InChI=1S/2C48H32N2.C40H26N2/c2*1-3-12-33(13-4-1)35-22-26-39(27-23-35)49-45-20-9-7-18-41(45)43-31-37(24-28-47(43)49)38-25-29-48-44(32-38)42-19-8-10-21-46(42)50(48)40-17-11-16-36(30-40)34-14-5-2-6-15-34;1-2-14-31-27(12-1)13-11-19-32(31)28-24-29(41-37-20-7-3-15-33(37)34-16-4-8-21-38(34)41)26-30(25-28)42-39-22-9-5-17-35(39)36-18-6-10-23-40(36)42/h2*1-32H;1-26H/i1D;;. The molecular weight excluding hydrogens is 1720 g/mol. The van der Waals surface area contributed by atoms with Crippen molar-refractivity contribution in [2.45, 2.75) is 0 Å². The van der Waals surface area contributed by atoms with Gasteiger partial charge in [0.15, 0.2) is 0 Å². The van der Waals surface area contributed by atoms with Crippen LogP contribution in [-0.2, 0) is 0 Å². The molecule has 0 aliphatic rings. The Labute approximate surface area is 822 Å². The maximum atomic E-state index is 7.83. The van der Waals surface area contributed by atoms with Gasteiger partial charge < -0.3 is 27.4 Å². The van der Waals surface area contributed by atoms with Crippen LogP contribution in [0.1, 0.15) is 1.37 Å². The molecule has 6 heteroatoms. The monoisotopic (exact) mass is 1810 g/mol. The molecule has 0 amide bonds. The molecule has 6 nitrogen and oxygen atoms in total.